The van der Waals surface area contributed by atoms with E-state index in [9.17, 15) is 13.2 Å². The van der Waals surface area contributed by atoms with Gasteiger partial charge >= 0.3 is 0 Å². The maximum absolute atomic E-state index is 12.5. The molecule has 0 aliphatic rings. The van der Waals surface area contributed by atoms with Crippen molar-refractivity contribution in [3.63, 3.8) is 0 Å². The molecule has 0 heterocycles. The summed E-state index contributed by atoms with van der Waals surface area (Å²) in [6.07, 6.45) is 1.15. The molecular formula is C25H28N2O6S. The molecule has 0 aromatic heterocycles. The van der Waals surface area contributed by atoms with Crippen LogP contribution in [0.15, 0.2) is 72.8 Å². The predicted octanol–water partition coefficient (Wildman–Crippen LogP) is 3.48. The van der Waals surface area contributed by atoms with Crippen molar-refractivity contribution in [2.24, 2.45) is 0 Å². The quantitative estimate of drug-likeness (QED) is 0.419. The third-order valence-electron chi connectivity index (χ3n) is 5.00. The first-order valence-electron chi connectivity index (χ1n) is 10.6. The second-order valence-corrected chi connectivity index (χ2v) is 9.33. The van der Waals surface area contributed by atoms with Gasteiger partial charge in [0.2, 0.25) is 10.0 Å². The Bertz CT molecular complexity index is 1210. The maximum atomic E-state index is 12.5. The van der Waals surface area contributed by atoms with Crippen LogP contribution in [0.3, 0.4) is 0 Å². The van der Waals surface area contributed by atoms with Crippen molar-refractivity contribution in [2.75, 3.05) is 37.9 Å². The zero-order chi connectivity index (χ0) is 24.6. The molecule has 0 bridgehead atoms. The van der Waals surface area contributed by atoms with E-state index in [1.54, 1.807) is 67.8 Å². The smallest absolute Gasteiger partial charge is 0.251 e. The van der Waals surface area contributed by atoms with E-state index < -0.39 is 10.0 Å². The number of carbonyl (C=O) groups excluding carboxylic acids is 1. The third-order valence-corrected chi connectivity index (χ3v) is 6.14. The summed E-state index contributed by atoms with van der Waals surface area (Å²) in [6, 6.07) is 20.9. The zero-order valence-corrected chi connectivity index (χ0v) is 20.2. The van der Waals surface area contributed by atoms with Crippen LogP contribution < -0.4 is 23.8 Å². The highest BCUT2D eigenvalue weighted by Crippen LogP contribution is 2.26. The van der Waals surface area contributed by atoms with Gasteiger partial charge < -0.3 is 19.5 Å². The van der Waals surface area contributed by atoms with Crippen molar-refractivity contribution >= 4 is 21.6 Å². The van der Waals surface area contributed by atoms with Crippen LogP contribution in [-0.4, -0.2) is 48.0 Å². The number of rotatable bonds is 11. The minimum atomic E-state index is -3.53. The summed E-state index contributed by atoms with van der Waals surface area (Å²) in [5.41, 5.74) is 1.70. The molecule has 0 unspecified atom stereocenters. The number of methoxy groups -OCH3 is 2. The fraction of sp³-hybridized carbons (Fsp3) is 0.240. The van der Waals surface area contributed by atoms with Gasteiger partial charge in [-0.15, -0.1) is 0 Å². The van der Waals surface area contributed by atoms with Crippen molar-refractivity contribution in [1.29, 1.82) is 0 Å². The topological polar surface area (TPSA) is 94.2 Å². The first-order chi connectivity index (χ1) is 16.3. The molecule has 180 valence electrons. The molecule has 3 rings (SSSR count). The normalized spacial score (nSPS) is 10.9. The van der Waals surface area contributed by atoms with Crippen molar-refractivity contribution in [3.8, 4) is 17.2 Å². The second kappa shape index (κ2) is 11.4. The number of hydrogen-bond acceptors (Lipinski definition) is 6. The van der Waals surface area contributed by atoms with E-state index in [0.717, 1.165) is 11.8 Å². The Kier molecular flexibility index (Phi) is 8.37. The number of nitrogens with zero attached hydrogens (tertiary/aromatic N) is 1. The van der Waals surface area contributed by atoms with Gasteiger partial charge in [-0.05, 0) is 42.0 Å². The number of hydrogen-bond donors (Lipinski definition) is 1. The molecule has 3 aromatic carbocycles. The summed E-state index contributed by atoms with van der Waals surface area (Å²) in [4.78, 5) is 12.5. The average molecular weight is 485 g/mol. The number of para-hydroxylation sites is 2. The lowest BCUT2D eigenvalue weighted by atomic mass is 10.1. The van der Waals surface area contributed by atoms with Crippen LogP contribution in [0.5, 0.6) is 17.2 Å². The lowest BCUT2D eigenvalue weighted by molar-refractivity contribution is 0.0947. The zero-order valence-electron chi connectivity index (χ0n) is 19.4. The van der Waals surface area contributed by atoms with Crippen LogP contribution in [-0.2, 0) is 16.6 Å². The minimum Gasteiger partial charge on any atom is -0.497 e. The fourth-order valence-corrected chi connectivity index (χ4v) is 4.14. The number of amides is 1. The molecule has 9 heteroatoms. The van der Waals surface area contributed by atoms with Crippen molar-refractivity contribution < 1.29 is 27.4 Å². The monoisotopic (exact) mass is 484 g/mol. The lowest BCUT2D eigenvalue weighted by Crippen LogP contribution is -2.29. The molecule has 3 aromatic rings. The molecule has 0 spiro atoms. The van der Waals surface area contributed by atoms with E-state index in [1.807, 2.05) is 12.1 Å². The Hall–Kier alpha value is -3.72. The summed E-state index contributed by atoms with van der Waals surface area (Å²) in [5.74, 6) is 1.55. The summed E-state index contributed by atoms with van der Waals surface area (Å²) < 4.78 is 42.2. The number of benzene rings is 3. The summed E-state index contributed by atoms with van der Waals surface area (Å²) in [7, 11) is -0.440. The van der Waals surface area contributed by atoms with Gasteiger partial charge in [-0.1, -0.05) is 30.3 Å². The van der Waals surface area contributed by atoms with Crippen LogP contribution in [0.1, 0.15) is 15.9 Å². The predicted molar refractivity (Wildman–Crippen MR) is 131 cm³/mol. The molecule has 0 radical (unpaired) electrons. The highest BCUT2D eigenvalue weighted by molar-refractivity contribution is 7.92. The number of sulfonamides is 1. The molecule has 1 N–H and O–H groups in total. The van der Waals surface area contributed by atoms with Gasteiger partial charge in [-0.2, -0.15) is 0 Å². The highest BCUT2D eigenvalue weighted by Gasteiger charge is 2.19. The Balaban J connectivity index is 1.59. The van der Waals surface area contributed by atoms with Crippen molar-refractivity contribution in [1.82, 2.24) is 5.32 Å². The molecule has 34 heavy (non-hydrogen) atoms. The second-order valence-electron chi connectivity index (χ2n) is 7.42. The number of ether oxygens (including phenoxy) is 3. The molecule has 0 saturated heterocycles. The van der Waals surface area contributed by atoms with Gasteiger partial charge in [0.05, 0.1) is 39.3 Å². The average Bonchev–Trinajstić information content (AvgIpc) is 2.85. The highest BCUT2D eigenvalue weighted by atomic mass is 32.2. The van der Waals surface area contributed by atoms with Crippen molar-refractivity contribution in [3.05, 3.63) is 83.9 Å². The summed E-state index contributed by atoms with van der Waals surface area (Å²) >= 11 is 0. The Morgan fingerprint density at radius 2 is 1.62 bits per heavy atom. The molecule has 0 aliphatic heterocycles. The number of carbonyl (C=O) groups is 1. The first kappa shape index (κ1) is 24.9. The standard InChI is InChI=1S/C25H28N2O6S/c1-31-22-8-6-7-21(17-22)27(34(3,29)30)18-19-11-13-20(14-12-19)25(28)26-15-16-33-24-10-5-4-9-23(24)32-2/h4-14,17H,15-16,18H2,1-3H3,(H,26,28). The van der Waals surface area contributed by atoms with Crippen LogP contribution in [0.2, 0.25) is 0 Å². The van der Waals surface area contributed by atoms with Gasteiger partial charge in [0.25, 0.3) is 5.91 Å². The van der Waals surface area contributed by atoms with Gasteiger partial charge in [0.15, 0.2) is 11.5 Å². The maximum Gasteiger partial charge on any atom is 0.251 e. The van der Waals surface area contributed by atoms with Crippen LogP contribution in [0.4, 0.5) is 5.69 Å². The molecule has 0 atom stereocenters. The van der Waals surface area contributed by atoms with E-state index in [-0.39, 0.29) is 19.1 Å². The van der Waals surface area contributed by atoms with Gasteiger partial charge in [-0.25, -0.2) is 8.42 Å². The first-order valence-corrected chi connectivity index (χ1v) is 12.4. The SMILES string of the molecule is COc1cccc(N(Cc2ccc(C(=O)NCCOc3ccccc3OC)cc2)S(C)(=O)=O)c1. The molecule has 8 nitrogen and oxygen atoms in total. The molecule has 0 saturated carbocycles. The van der Waals surface area contributed by atoms with Crippen LogP contribution in [0.25, 0.3) is 0 Å². The summed E-state index contributed by atoms with van der Waals surface area (Å²) in [6.45, 7) is 0.727. The summed E-state index contributed by atoms with van der Waals surface area (Å²) in [5, 5.41) is 2.80. The van der Waals surface area contributed by atoms with E-state index in [0.29, 0.717) is 35.0 Å². The van der Waals surface area contributed by atoms with E-state index >= 15 is 0 Å². The van der Waals surface area contributed by atoms with Crippen molar-refractivity contribution in [2.45, 2.75) is 6.54 Å². The van der Waals surface area contributed by atoms with E-state index in [2.05, 4.69) is 5.32 Å². The number of nitrogens with one attached hydrogen (secondary N) is 1. The largest absolute Gasteiger partial charge is 0.497 e. The fourth-order valence-electron chi connectivity index (χ4n) is 3.26. The van der Waals surface area contributed by atoms with Crippen LogP contribution in [0, 0.1) is 0 Å². The lowest BCUT2D eigenvalue weighted by Gasteiger charge is -2.23. The molecule has 0 fully saturated rings. The van der Waals surface area contributed by atoms with E-state index in [4.69, 9.17) is 14.2 Å². The molecule has 1 amide bonds. The van der Waals surface area contributed by atoms with Gasteiger partial charge in [0.1, 0.15) is 12.4 Å². The molecule has 0 aliphatic carbocycles. The number of anilines is 1. The third kappa shape index (κ3) is 6.64. The Morgan fingerprint density at radius 3 is 2.26 bits per heavy atom. The van der Waals surface area contributed by atoms with Crippen LogP contribution >= 0.6 is 0 Å². The van der Waals surface area contributed by atoms with Gasteiger partial charge in [0, 0.05) is 11.6 Å². The minimum absolute atomic E-state index is 0.126. The Morgan fingerprint density at radius 1 is 0.912 bits per heavy atom. The van der Waals surface area contributed by atoms with E-state index in [1.165, 1.54) is 11.4 Å². The Labute approximate surface area is 200 Å². The van der Waals surface area contributed by atoms with Gasteiger partial charge in [-0.3, -0.25) is 9.10 Å². The molecular weight excluding hydrogens is 456 g/mol.